The Hall–Kier alpha value is -1.66. The lowest BCUT2D eigenvalue weighted by Crippen LogP contribution is -2.29. The number of amides is 1. The van der Waals surface area contributed by atoms with Gasteiger partial charge in [0.05, 0.1) is 12.2 Å². The molecule has 1 aliphatic carbocycles. The first-order chi connectivity index (χ1) is 11.2. The van der Waals surface area contributed by atoms with Gasteiger partial charge >= 0.3 is 0 Å². The van der Waals surface area contributed by atoms with Crippen molar-refractivity contribution in [1.29, 1.82) is 0 Å². The van der Waals surface area contributed by atoms with Gasteiger partial charge < -0.3 is 20.5 Å². The number of hydrogen-bond donors (Lipinski definition) is 2. The summed E-state index contributed by atoms with van der Waals surface area (Å²) in [5.74, 6) is -0.470. The number of halogens is 1. The van der Waals surface area contributed by atoms with Crippen LogP contribution in [0.25, 0.3) is 0 Å². The molecule has 6 heteroatoms. The predicted molar refractivity (Wildman–Crippen MR) is 84.9 cm³/mol. The number of nitrogens with one attached hydrogen (secondary N) is 1. The minimum atomic E-state index is -0.513. The van der Waals surface area contributed by atoms with Crippen LogP contribution in [0.5, 0.6) is 5.75 Å². The summed E-state index contributed by atoms with van der Waals surface area (Å²) in [7, 11) is 0. The van der Waals surface area contributed by atoms with Gasteiger partial charge in [0.2, 0.25) is 0 Å². The number of rotatable bonds is 5. The van der Waals surface area contributed by atoms with E-state index in [0.717, 1.165) is 32.1 Å². The van der Waals surface area contributed by atoms with Crippen molar-refractivity contribution < 1.29 is 18.7 Å². The van der Waals surface area contributed by atoms with Crippen LogP contribution in [-0.4, -0.2) is 30.8 Å². The lowest BCUT2D eigenvalue weighted by Gasteiger charge is -2.15. The lowest BCUT2D eigenvalue weighted by atomic mass is 10.2. The monoisotopic (exact) mass is 322 g/mol. The van der Waals surface area contributed by atoms with Crippen molar-refractivity contribution in [2.24, 2.45) is 5.73 Å². The Kier molecular flexibility index (Phi) is 5.13. The van der Waals surface area contributed by atoms with Gasteiger partial charge in [-0.3, -0.25) is 4.79 Å². The van der Waals surface area contributed by atoms with Crippen molar-refractivity contribution >= 4 is 11.6 Å². The van der Waals surface area contributed by atoms with Gasteiger partial charge in [-0.25, -0.2) is 4.39 Å². The maximum Gasteiger partial charge on any atom is 0.253 e. The van der Waals surface area contributed by atoms with Crippen LogP contribution in [0, 0.1) is 5.82 Å². The zero-order chi connectivity index (χ0) is 16.2. The molecular formula is C17H23FN2O3. The third-order valence-corrected chi connectivity index (χ3v) is 4.46. The van der Waals surface area contributed by atoms with E-state index < -0.39 is 11.9 Å². The highest BCUT2D eigenvalue weighted by Gasteiger charge is 2.30. The van der Waals surface area contributed by atoms with E-state index in [1.807, 2.05) is 0 Å². The first kappa shape index (κ1) is 16.2. The average Bonchev–Trinajstić information content (AvgIpc) is 3.21. The summed E-state index contributed by atoms with van der Waals surface area (Å²) in [6, 6.07) is 4.51. The molecule has 23 heavy (non-hydrogen) atoms. The van der Waals surface area contributed by atoms with Crippen molar-refractivity contribution in [3.63, 3.8) is 0 Å². The molecule has 1 amide bonds. The van der Waals surface area contributed by atoms with E-state index in [0.29, 0.717) is 18.7 Å². The molecule has 1 aliphatic heterocycles. The number of ether oxygens (including phenoxy) is 2. The fourth-order valence-electron chi connectivity index (χ4n) is 3.15. The van der Waals surface area contributed by atoms with Crippen molar-refractivity contribution in [1.82, 2.24) is 0 Å². The molecule has 1 heterocycles. The second-order valence-corrected chi connectivity index (χ2v) is 6.22. The molecule has 0 bridgehead atoms. The quantitative estimate of drug-likeness (QED) is 0.874. The van der Waals surface area contributed by atoms with Crippen LogP contribution < -0.4 is 15.8 Å². The minimum Gasteiger partial charge on any atom is -0.487 e. The number of anilines is 1. The molecule has 0 radical (unpaired) electrons. The Labute approximate surface area is 135 Å². The minimum absolute atomic E-state index is 0.0651. The fraction of sp³-hybridized carbons (Fsp3) is 0.588. The summed E-state index contributed by atoms with van der Waals surface area (Å²) in [6.07, 6.45) is 5.14. The van der Waals surface area contributed by atoms with Crippen molar-refractivity contribution in [2.75, 3.05) is 11.9 Å². The highest BCUT2D eigenvalue weighted by Crippen LogP contribution is 2.28. The van der Waals surface area contributed by atoms with Crippen LogP contribution in [0.2, 0.25) is 0 Å². The van der Waals surface area contributed by atoms with E-state index in [9.17, 15) is 9.18 Å². The Balaban J connectivity index is 1.58. The molecule has 0 aromatic heterocycles. The van der Waals surface area contributed by atoms with Crippen molar-refractivity contribution in [3.05, 3.63) is 24.0 Å². The third-order valence-electron chi connectivity index (χ3n) is 4.46. The number of hydrogen-bond acceptors (Lipinski definition) is 4. The number of benzene rings is 1. The van der Waals surface area contributed by atoms with Gasteiger partial charge in [-0.2, -0.15) is 0 Å². The predicted octanol–water partition coefficient (Wildman–Crippen LogP) is 2.59. The van der Waals surface area contributed by atoms with Gasteiger partial charge in [0.1, 0.15) is 6.10 Å². The summed E-state index contributed by atoms with van der Waals surface area (Å²) in [5, 5.41) is 2.69. The first-order valence-electron chi connectivity index (χ1n) is 8.28. The summed E-state index contributed by atoms with van der Waals surface area (Å²) < 4.78 is 25.3. The Bertz CT molecular complexity index is 561. The standard InChI is InChI=1S/C17H23FN2O3/c18-14-9-11(5-7-15(14)22-12-3-1-2-4-12)20-17(21)16-8-6-13(10-19)23-16/h5,7,9,12-13,16H,1-4,6,8,10,19H2,(H,20,21)/t13-,16+/m1/s1. The molecule has 2 fully saturated rings. The number of carbonyl (C=O) groups excluding carboxylic acids is 1. The summed E-state index contributed by atoms with van der Waals surface area (Å²) >= 11 is 0. The highest BCUT2D eigenvalue weighted by molar-refractivity contribution is 5.94. The molecule has 2 atom stereocenters. The highest BCUT2D eigenvalue weighted by atomic mass is 19.1. The topological polar surface area (TPSA) is 73.6 Å². The van der Waals surface area contributed by atoms with Crippen LogP contribution in [0.4, 0.5) is 10.1 Å². The van der Waals surface area contributed by atoms with Gasteiger partial charge in [-0.05, 0) is 50.7 Å². The average molecular weight is 322 g/mol. The first-order valence-corrected chi connectivity index (χ1v) is 8.28. The van der Waals surface area contributed by atoms with E-state index in [2.05, 4.69) is 5.32 Å². The number of carbonyl (C=O) groups is 1. The van der Waals surface area contributed by atoms with Gasteiger partial charge in [0.15, 0.2) is 11.6 Å². The van der Waals surface area contributed by atoms with E-state index in [1.165, 1.54) is 6.07 Å². The van der Waals surface area contributed by atoms with E-state index in [4.69, 9.17) is 15.2 Å². The molecule has 126 valence electrons. The molecular weight excluding hydrogens is 299 g/mol. The zero-order valence-electron chi connectivity index (χ0n) is 13.1. The maximum atomic E-state index is 14.1. The third kappa shape index (κ3) is 4.00. The molecule has 1 saturated carbocycles. The van der Waals surface area contributed by atoms with Gasteiger partial charge in [0, 0.05) is 18.3 Å². The van der Waals surface area contributed by atoms with Gasteiger partial charge in [-0.1, -0.05) is 0 Å². The van der Waals surface area contributed by atoms with Crippen LogP contribution >= 0.6 is 0 Å². The molecule has 0 unspecified atom stereocenters. The van der Waals surface area contributed by atoms with Gasteiger partial charge in [0.25, 0.3) is 5.91 Å². The molecule has 0 spiro atoms. The smallest absolute Gasteiger partial charge is 0.253 e. The lowest BCUT2D eigenvalue weighted by molar-refractivity contribution is -0.126. The molecule has 3 N–H and O–H groups in total. The Morgan fingerprint density at radius 1 is 1.30 bits per heavy atom. The van der Waals surface area contributed by atoms with E-state index >= 15 is 0 Å². The van der Waals surface area contributed by atoms with Crippen LogP contribution in [0.1, 0.15) is 38.5 Å². The van der Waals surface area contributed by atoms with Gasteiger partial charge in [-0.15, -0.1) is 0 Å². The normalized spacial score (nSPS) is 24.8. The summed E-state index contributed by atoms with van der Waals surface area (Å²) in [4.78, 5) is 12.1. The van der Waals surface area contributed by atoms with Crippen LogP contribution in [0.15, 0.2) is 18.2 Å². The molecule has 1 aromatic carbocycles. The Morgan fingerprint density at radius 3 is 2.74 bits per heavy atom. The number of nitrogens with two attached hydrogens (primary N) is 1. The van der Waals surface area contributed by atoms with E-state index in [-0.39, 0.29) is 23.9 Å². The molecule has 3 rings (SSSR count). The van der Waals surface area contributed by atoms with E-state index in [1.54, 1.807) is 12.1 Å². The largest absolute Gasteiger partial charge is 0.487 e. The summed E-state index contributed by atoms with van der Waals surface area (Å²) in [6.45, 7) is 0.408. The Morgan fingerprint density at radius 2 is 2.09 bits per heavy atom. The SMILES string of the molecule is NC[C@H]1CC[C@@H](C(=O)Nc2ccc(OC3CCCC3)c(F)c2)O1. The summed E-state index contributed by atoms with van der Waals surface area (Å²) in [5.41, 5.74) is 5.94. The van der Waals surface area contributed by atoms with Crippen LogP contribution in [-0.2, 0) is 9.53 Å². The second kappa shape index (κ2) is 7.27. The van der Waals surface area contributed by atoms with Crippen molar-refractivity contribution in [3.8, 4) is 5.75 Å². The molecule has 1 saturated heterocycles. The van der Waals surface area contributed by atoms with Crippen molar-refractivity contribution in [2.45, 2.75) is 56.8 Å². The maximum absolute atomic E-state index is 14.1. The molecule has 1 aromatic rings. The fourth-order valence-corrected chi connectivity index (χ4v) is 3.15. The molecule has 5 nitrogen and oxygen atoms in total. The zero-order valence-corrected chi connectivity index (χ0v) is 13.1. The second-order valence-electron chi connectivity index (χ2n) is 6.22. The van der Waals surface area contributed by atoms with Crippen LogP contribution in [0.3, 0.4) is 0 Å². The molecule has 2 aliphatic rings.